The van der Waals surface area contributed by atoms with E-state index in [1.807, 2.05) is 0 Å². The maximum Gasteiger partial charge on any atom is 0.224 e. The van der Waals surface area contributed by atoms with Crippen LogP contribution in [0.2, 0.25) is 5.02 Å². The molecule has 33 heavy (non-hydrogen) atoms. The molecule has 0 fully saturated rings. The summed E-state index contributed by atoms with van der Waals surface area (Å²) < 4.78 is 30.8. The molecule has 170 valence electrons. The Balaban J connectivity index is 1.96. The molecular formula is C24H21ClF2N4O2. The fourth-order valence-corrected chi connectivity index (χ4v) is 3.53. The second kappa shape index (κ2) is 8.53. The minimum Gasteiger partial charge on any atom is -0.388 e. The van der Waals surface area contributed by atoms with E-state index in [0.29, 0.717) is 5.39 Å². The minimum absolute atomic E-state index is 0.0240. The maximum atomic E-state index is 14.8. The molecule has 2 aromatic carbocycles. The van der Waals surface area contributed by atoms with Gasteiger partial charge in [-0.3, -0.25) is 9.36 Å². The number of halogens is 3. The standard InChI is InChI=1S/C24H21ClF2N4O2/c1-13(24(2,3)33)29-23-28-12-14-11-19(21(32)15-7-4-5-8-16(15)25)31(22(14)30-23)20-17(26)9-6-10-18(20)27/h4-13,33H,1-3H3,(H,28,29,30). The molecule has 0 amide bonds. The van der Waals surface area contributed by atoms with Crippen LogP contribution in [0.1, 0.15) is 36.8 Å². The zero-order chi connectivity index (χ0) is 23.9. The number of ketones is 1. The largest absolute Gasteiger partial charge is 0.388 e. The van der Waals surface area contributed by atoms with E-state index in [2.05, 4.69) is 15.3 Å². The predicted octanol–water partition coefficient (Wildman–Crippen LogP) is 5.15. The molecule has 0 radical (unpaired) electrons. The number of hydrogen-bond donors (Lipinski definition) is 2. The van der Waals surface area contributed by atoms with Gasteiger partial charge in [0.1, 0.15) is 17.3 Å². The summed E-state index contributed by atoms with van der Waals surface area (Å²) in [6.07, 6.45) is 1.44. The van der Waals surface area contributed by atoms with Crippen molar-refractivity contribution in [2.24, 2.45) is 0 Å². The summed E-state index contributed by atoms with van der Waals surface area (Å²) >= 11 is 6.21. The highest BCUT2D eigenvalue weighted by Crippen LogP contribution is 2.30. The third kappa shape index (κ3) is 4.31. The first-order chi connectivity index (χ1) is 15.6. The molecule has 4 rings (SSSR count). The number of fused-ring (bicyclic) bond motifs is 1. The molecule has 0 saturated heterocycles. The molecule has 2 heterocycles. The number of hydrogen-bond acceptors (Lipinski definition) is 5. The van der Waals surface area contributed by atoms with Crippen LogP contribution in [0.3, 0.4) is 0 Å². The van der Waals surface area contributed by atoms with Crippen LogP contribution in [0.5, 0.6) is 0 Å². The summed E-state index contributed by atoms with van der Waals surface area (Å²) in [5.41, 5.74) is -1.24. The van der Waals surface area contributed by atoms with Crippen molar-refractivity contribution >= 4 is 34.4 Å². The first kappa shape index (κ1) is 22.8. The van der Waals surface area contributed by atoms with Crippen molar-refractivity contribution in [1.82, 2.24) is 14.5 Å². The van der Waals surface area contributed by atoms with Crippen molar-refractivity contribution < 1.29 is 18.7 Å². The zero-order valence-corrected chi connectivity index (χ0v) is 18.9. The number of carbonyl (C=O) groups excluding carboxylic acids is 1. The molecule has 0 aliphatic heterocycles. The van der Waals surface area contributed by atoms with Gasteiger partial charge >= 0.3 is 0 Å². The molecule has 6 nitrogen and oxygen atoms in total. The fourth-order valence-electron chi connectivity index (χ4n) is 3.31. The van der Waals surface area contributed by atoms with Gasteiger partial charge in [-0.25, -0.2) is 13.8 Å². The van der Waals surface area contributed by atoms with Crippen LogP contribution in [-0.4, -0.2) is 37.1 Å². The molecule has 1 atom stereocenters. The van der Waals surface area contributed by atoms with Crippen LogP contribution >= 0.6 is 11.6 Å². The van der Waals surface area contributed by atoms with Gasteiger partial charge in [-0.05, 0) is 51.1 Å². The summed E-state index contributed by atoms with van der Waals surface area (Å²) in [6.45, 7) is 5.00. The SMILES string of the molecule is CC(Nc1ncc2cc(C(=O)c3ccccc3Cl)n(-c3c(F)cccc3F)c2n1)C(C)(C)O. The van der Waals surface area contributed by atoms with E-state index in [9.17, 15) is 18.7 Å². The number of anilines is 1. The van der Waals surface area contributed by atoms with Crippen LogP contribution in [0.4, 0.5) is 14.7 Å². The van der Waals surface area contributed by atoms with Gasteiger partial charge < -0.3 is 10.4 Å². The Morgan fingerprint density at radius 2 is 1.82 bits per heavy atom. The van der Waals surface area contributed by atoms with Crippen LogP contribution in [0.15, 0.2) is 54.7 Å². The molecule has 1 unspecified atom stereocenters. The highest BCUT2D eigenvalue weighted by molar-refractivity contribution is 6.35. The van der Waals surface area contributed by atoms with Crippen molar-refractivity contribution in [3.05, 3.63) is 82.6 Å². The lowest BCUT2D eigenvalue weighted by Gasteiger charge is -2.26. The second-order valence-electron chi connectivity index (χ2n) is 8.24. The number of aliphatic hydroxyl groups is 1. The van der Waals surface area contributed by atoms with Crippen molar-refractivity contribution in [1.29, 1.82) is 0 Å². The van der Waals surface area contributed by atoms with Crippen molar-refractivity contribution in [3.8, 4) is 5.69 Å². The Morgan fingerprint density at radius 1 is 1.15 bits per heavy atom. The van der Waals surface area contributed by atoms with Gasteiger partial charge in [0.05, 0.1) is 22.4 Å². The van der Waals surface area contributed by atoms with E-state index in [1.165, 1.54) is 24.4 Å². The van der Waals surface area contributed by atoms with Crippen LogP contribution < -0.4 is 5.32 Å². The summed E-state index contributed by atoms with van der Waals surface area (Å²) in [4.78, 5) is 22.0. The quantitative estimate of drug-likeness (QED) is 0.381. The van der Waals surface area contributed by atoms with Crippen molar-refractivity contribution in [2.45, 2.75) is 32.4 Å². The topological polar surface area (TPSA) is 80.0 Å². The lowest BCUT2D eigenvalue weighted by atomic mass is 10.0. The molecule has 0 spiro atoms. The molecule has 4 aromatic rings. The van der Waals surface area contributed by atoms with Gasteiger partial charge in [0.15, 0.2) is 5.65 Å². The smallest absolute Gasteiger partial charge is 0.224 e. The van der Waals surface area contributed by atoms with Crippen LogP contribution in [-0.2, 0) is 0 Å². The first-order valence-electron chi connectivity index (χ1n) is 10.2. The first-order valence-corrected chi connectivity index (χ1v) is 10.6. The third-order valence-electron chi connectivity index (χ3n) is 5.46. The Kier molecular flexibility index (Phi) is 5.90. The maximum absolute atomic E-state index is 14.8. The van der Waals surface area contributed by atoms with Crippen molar-refractivity contribution in [2.75, 3.05) is 5.32 Å². The molecule has 9 heteroatoms. The highest BCUT2D eigenvalue weighted by atomic mass is 35.5. The van der Waals surface area contributed by atoms with Gasteiger partial charge in [0.2, 0.25) is 11.7 Å². The molecule has 0 bridgehead atoms. The van der Waals surface area contributed by atoms with E-state index < -0.39 is 34.7 Å². The number of rotatable bonds is 6. The molecule has 0 saturated carbocycles. The summed E-state index contributed by atoms with van der Waals surface area (Å²) in [7, 11) is 0. The third-order valence-corrected chi connectivity index (χ3v) is 5.79. The monoisotopic (exact) mass is 470 g/mol. The minimum atomic E-state index is -1.08. The number of nitrogens with zero attached hydrogens (tertiary/aromatic N) is 3. The number of nitrogens with one attached hydrogen (secondary N) is 1. The zero-order valence-electron chi connectivity index (χ0n) is 18.1. The highest BCUT2D eigenvalue weighted by Gasteiger charge is 2.26. The number of aromatic nitrogens is 3. The van der Waals surface area contributed by atoms with Gasteiger partial charge in [0, 0.05) is 17.1 Å². The molecular weight excluding hydrogens is 450 g/mol. The number of carbonyl (C=O) groups is 1. The fraction of sp³-hybridized carbons (Fsp3) is 0.208. The van der Waals surface area contributed by atoms with E-state index in [4.69, 9.17) is 11.6 Å². The Morgan fingerprint density at radius 3 is 2.45 bits per heavy atom. The predicted molar refractivity (Wildman–Crippen MR) is 123 cm³/mol. The average molecular weight is 471 g/mol. The van der Waals surface area contributed by atoms with Crippen LogP contribution in [0, 0.1) is 11.6 Å². The Hall–Kier alpha value is -3.36. The normalized spacial score (nSPS) is 12.7. The number of benzene rings is 2. The van der Waals surface area contributed by atoms with Gasteiger partial charge in [-0.2, -0.15) is 4.98 Å². The van der Waals surface area contributed by atoms with Gasteiger partial charge in [-0.1, -0.05) is 29.8 Å². The molecule has 2 N–H and O–H groups in total. The Labute approximate surface area is 193 Å². The summed E-state index contributed by atoms with van der Waals surface area (Å²) in [6, 6.07) is 10.9. The van der Waals surface area contributed by atoms with Crippen molar-refractivity contribution in [3.63, 3.8) is 0 Å². The Bertz CT molecular complexity index is 1340. The van der Waals surface area contributed by atoms with E-state index in [1.54, 1.807) is 39.0 Å². The van der Waals surface area contributed by atoms with E-state index >= 15 is 0 Å². The lowest BCUT2D eigenvalue weighted by molar-refractivity contribution is 0.0646. The number of para-hydroxylation sites is 1. The lowest BCUT2D eigenvalue weighted by Crippen LogP contribution is -2.39. The second-order valence-corrected chi connectivity index (χ2v) is 8.64. The molecule has 0 aliphatic carbocycles. The summed E-state index contributed by atoms with van der Waals surface area (Å²) in [5, 5.41) is 13.8. The van der Waals surface area contributed by atoms with E-state index in [0.717, 1.165) is 16.7 Å². The summed E-state index contributed by atoms with van der Waals surface area (Å²) in [5.74, 6) is -2.12. The van der Waals surface area contributed by atoms with Gasteiger partial charge in [-0.15, -0.1) is 0 Å². The average Bonchev–Trinajstić information content (AvgIpc) is 3.11. The molecule has 2 aromatic heterocycles. The van der Waals surface area contributed by atoms with E-state index in [-0.39, 0.29) is 27.9 Å². The van der Waals surface area contributed by atoms with Gasteiger partial charge in [0.25, 0.3) is 0 Å². The molecule has 0 aliphatic rings. The van der Waals surface area contributed by atoms with Crippen LogP contribution in [0.25, 0.3) is 16.7 Å².